The Morgan fingerprint density at radius 1 is 0.634 bits per heavy atom. The molecule has 0 saturated carbocycles. The van der Waals surface area contributed by atoms with Crippen LogP contribution in [-0.2, 0) is 27.2 Å². The SMILES string of the molecule is CC(=O)Oc1ccc(Cc2nc3c(Cc4ccccc4)nc(-c4ccc(OC(C)=O)cc4)cn3c2OC(C)=O)cc1. The molecule has 5 aromatic rings. The van der Waals surface area contributed by atoms with Gasteiger partial charge in [0, 0.05) is 45.4 Å². The highest BCUT2D eigenvalue weighted by Gasteiger charge is 2.21. The number of ether oxygens (including phenoxy) is 3. The number of fused-ring (bicyclic) bond motifs is 1. The van der Waals surface area contributed by atoms with Gasteiger partial charge in [-0.05, 0) is 47.5 Å². The third-order valence-corrected chi connectivity index (χ3v) is 6.12. The molecule has 0 unspecified atom stereocenters. The highest BCUT2D eigenvalue weighted by atomic mass is 16.5. The Hall–Kier alpha value is -5.31. The summed E-state index contributed by atoms with van der Waals surface area (Å²) in [6.45, 7) is 4.04. The van der Waals surface area contributed by atoms with Gasteiger partial charge in [0.15, 0.2) is 5.65 Å². The zero-order valence-electron chi connectivity index (χ0n) is 22.8. The Bertz CT molecular complexity index is 1730. The van der Waals surface area contributed by atoms with Crippen molar-refractivity contribution >= 4 is 23.6 Å². The zero-order valence-corrected chi connectivity index (χ0v) is 22.8. The molecule has 0 spiro atoms. The molecule has 2 aromatic heterocycles. The fraction of sp³-hybridized carbons (Fsp3) is 0.156. The molecule has 0 atom stereocenters. The molecule has 41 heavy (non-hydrogen) atoms. The van der Waals surface area contributed by atoms with Gasteiger partial charge in [0.1, 0.15) is 17.2 Å². The Morgan fingerprint density at radius 3 is 1.76 bits per heavy atom. The normalized spacial score (nSPS) is 10.8. The van der Waals surface area contributed by atoms with E-state index in [1.54, 1.807) is 34.9 Å². The van der Waals surface area contributed by atoms with E-state index in [-0.39, 0.29) is 0 Å². The molecule has 9 heteroatoms. The molecule has 0 N–H and O–H groups in total. The molecular formula is C32H27N3O6. The summed E-state index contributed by atoms with van der Waals surface area (Å²) in [4.78, 5) is 44.7. The van der Waals surface area contributed by atoms with Gasteiger partial charge in [0.2, 0.25) is 5.88 Å². The maximum Gasteiger partial charge on any atom is 0.309 e. The lowest BCUT2D eigenvalue weighted by molar-refractivity contribution is -0.133. The van der Waals surface area contributed by atoms with Crippen LogP contribution in [0.1, 0.15) is 43.3 Å². The molecular weight excluding hydrogens is 522 g/mol. The average molecular weight is 550 g/mol. The van der Waals surface area contributed by atoms with E-state index in [4.69, 9.17) is 24.2 Å². The molecule has 0 aliphatic rings. The average Bonchev–Trinajstić information content (AvgIpc) is 3.26. The summed E-state index contributed by atoms with van der Waals surface area (Å²) >= 11 is 0. The second-order valence-electron chi connectivity index (χ2n) is 9.42. The third kappa shape index (κ3) is 6.65. The predicted octanol–water partition coefficient (Wildman–Crippen LogP) is 5.35. The molecule has 206 valence electrons. The van der Waals surface area contributed by atoms with Crippen molar-refractivity contribution in [1.82, 2.24) is 14.4 Å². The maximum atomic E-state index is 12.2. The van der Waals surface area contributed by atoms with Gasteiger partial charge < -0.3 is 14.2 Å². The van der Waals surface area contributed by atoms with Crippen LogP contribution >= 0.6 is 0 Å². The molecule has 9 nitrogen and oxygen atoms in total. The van der Waals surface area contributed by atoms with Crippen LogP contribution in [0.3, 0.4) is 0 Å². The number of carbonyl (C=O) groups is 3. The zero-order chi connectivity index (χ0) is 28.9. The van der Waals surface area contributed by atoms with Gasteiger partial charge in [-0.15, -0.1) is 0 Å². The second kappa shape index (κ2) is 11.8. The van der Waals surface area contributed by atoms with Crippen molar-refractivity contribution in [3.8, 4) is 28.6 Å². The minimum atomic E-state index is -0.480. The number of esters is 3. The van der Waals surface area contributed by atoms with E-state index in [1.165, 1.54) is 20.8 Å². The van der Waals surface area contributed by atoms with E-state index in [9.17, 15) is 14.4 Å². The molecule has 0 saturated heterocycles. The molecule has 0 bridgehead atoms. The number of hydrogen-bond acceptors (Lipinski definition) is 8. The fourth-order valence-corrected chi connectivity index (χ4v) is 4.44. The summed E-state index contributed by atoms with van der Waals surface area (Å²) < 4.78 is 17.8. The maximum absolute atomic E-state index is 12.2. The van der Waals surface area contributed by atoms with Crippen molar-refractivity contribution in [3.05, 3.63) is 108 Å². The molecule has 0 fully saturated rings. The summed E-state index contributed by atoms with van der Waals surface area (Å²) in [5.41, 5.74) is 5.15. The molecule has 3 aromatic carbocycles. The largest absolute Gasteiger partial charge is 0.427 e. The topological polar surface area (TPSA) is 109 Å². The Balaban J connectivity index is 1.61. The minimum absolute atomic E-state index is 0.297. The molecule has 5 rings (SSSR count). The predicted molar refractivity (Wildman–Crippen MR) is 151 cm³/mol. The second-order valence-corrected chi connectivity index (χ2v) is 9.42. The lowest BCUT2D eigenvalue weighted by Gasteiger charge is -2.10. The lowest BCUT2D eigenvalue weighted by Crippen LogP contribution is -2.07. The van der Waals surface area contributed by atoms with Crippen LogP contribution < -0.4 is 14.2 Å². The smallest absolute Gasteiger partial charge is 0.309 e. The van der Waals surface area contributed by atoms with Crippen molar-refractivity contribution < 1.29 is 28.6 Å². The Labute approximate surface area is 236 Å². The van der Waals surface area contributed by atoms with Gasteiger partial charge in [0.05, 0.1) is 11.4 Å². The van der Waals surface area contributed by atoms with E-state index >= 15 is 0 Å². The van der Waals surface area contributed by atoms with E-state index < -0.39 is 17.9 Å². The first-order valence-corrected chi connectivity index (χ1v) is 12.9. The first kappa shape index (κ1) is 27.3. The van der Waals surface area contributed by atoms with Crippen molar-refractivity contribution in [1.29, 1.82) is 0 Å². The summed E-state index contributed by atoms with van der Waals surface area (Å²) in [6, 6.07) is 24.0. The number of rotatable bonds is 8. The van der Waals surface area contributed by atoms with Gasteiger partial charge >= 0.3 is 17.9 Å². The van der Waals surface area contributed by atoms with Gasteiger partial charge in [0.25, 0.3) is 0 Å². The Morgan fingerprint density at radius 2 is 1.17 bits per heavy atom. The van der Waals surface area contributed by atoms with Crippen molar-refractivity contribution in [2.45, 2.75) is 33.6 Å². The van der Waals surface area contributed by atoms with E-state index in [0.29, 0.717) is 52.9 Å². The highest BCUT2D eigenvalue weighted by Crippen LogP contribution is 2.30. The number of nitrogens with zero attached hydrogens (tertiary/aromatic N) is 3. The first-order chi connectivity index (χ1) is 19.7. The summed E-state index contributed by atoms with van der Waals surface area (Å²) in [7, 11) is 0. The summed E-state index contributed by atoms with van der Waals surface area (Å²) in [5, 5.41) is 0. The van der Waals surface area contributed by atoms with Crippen LogP contribution in [0.25, 0.3) is 16.9 Å². The minimum Gasteiger partial charge on any atom is -0.427 e. The van der Waals surface area contributed by atoms with Gasteiger partial charge in [-0.2, -0.15) is 0 Å². The third-order valence-electron chi connectivity index (χ3n) is 6.12. The van der Waals surface area contributed by atoms with Crippen LogP contribution in [0.15, 0.2) is 85.1 Å². The van der Waals surface area contributed by atoms with Crippen LogP contribution in [-0.4, -0.2) is 32.3 Å². The van der Waals surface area contributed by atoms with Crippen molar-refractivity contribution in [2.75, 3.05) is 0 Å². The van der Waals surface area contributed by atoms with Gasteiger partial charge in [-0.25, -0.2) is 9.97 Å². The summed E-state index contributed by atoms with van der Waals surface area (Å²) in [6.07, 6.45) is 2.64. The number of imidazole rings is 1. The molecule has 0 radical (unpaired) electrons. The first-order valence-electron chi connectivity index (χ1n) is 12.9. The number of benzene rings is 3. The van der Waals surface area contributed by atoms with Crippen molar-refractivity contribution in [3.63, 3.8) is 0 Å². The van der Waals surface area contributed by atoms with Crippen LogP contribution in [0.5, 0.6) is 17.4 Å². The van der Waals surface area contributed by atoms with Crippen LogP contribution in [0.2, 0.25) is 0 Å². The fourth-order valence-electron chi connectivity index (χ4n) is 4.44. The number of aromatic nitrogens is 3. The molecule has 0 aliphatic carbocycles. The van der Waals surface area contributed by atoms with Gasteiger partial charge in [-0.3, -0.25) is 18.8 Å². The van der Waals surface area contributed by atoms with Crippen LogP contribution in [0.4, 0.5) is 0 Å². The lowest BCUT2D eigenvalue weighted by atomic mass is 10.1. The Kier molecular flexibility index (Phi) is 7.87. The standard InChI is InChI=1S/C32H27N3O6/c1-20(36)39-26-13-9-24(10-14-26)18-29-32(41-22(3)38)35-19-30(25-11-15-27(16-12-25)40-21(2)37)33-28(31(35)34-29)17-23-7-5-4-6-8-23/h4-16,19H,17-18H2,1-3H3. The summed E-state index contributed by atoms with van der Waals surface area (Å²) in [5.74, 6) is -0.115. The molecule has 0 aliphatic heterocycles. The molecule has 2 heterocycles. The monoisotopic (exact) mass is 549 g/mol. The van der Waals surface area contributed by atoms with E-state index in [0.717, 1.165) is 16.7 Å². The quantitative estimate of drug-likeness (QED) is 0.188. The highest BCUT2D eigenvalue weighted by molar-refractivity contribution is 5.72. The number of hydrogen-bond donors (Lipinski definition) is 0. The van der Waals surface area contributed by atoms with Crippen molar-refractivity contribution in [2.24, 2.45) is 0 Å². The number of carbonyl (C=O) groups excluding carboxylic acids is 3. The van der Waals surface area contributed by atoms with Gasteiger partial charge in [-0.1, -0.05) is 42.5 Å². The van der Waals surface area contributed by atoms with E-state index in [1.807, 2.05) is 54.6 Å². The van der Waals surface area contributed by atoms with E-state index in [2.05, 4.69) is 0 Å². The van der Waals surface area contributed by atoms with Crippen LogP contribution in [0, 0.1) is 0 Å². The molecule has 0 amide bonds.